The molecule has 12 heavy (non-hydrogen) atoms. The summed E-state index contributed by atoms with van der Waals surface area (Å²) >= 11 is 0. The molecule has 4 nitrogen and oxygen atoms in total. The van der Waals surface area contributed by atoms with Crippen LogP contribution >= 0.6 is 0 Å². The minimum absolute atomic E-state index is 0.00523. The van der Waals surface area contributed by atoms with Gasteiger partial charge in [0.25, 0.3) is 0 Å². The second-order valence-electron chi connectivity index (χ2n) is 2.93. The lowest BCUT2D eigenvalue weighted by Gasteiger charge is -2.16. The Bertz CT molecular complexity index is 135. The van der Waals surface area contributed by atoms with Crippen LogP contribution in [0.5, 0.6) is 0 Å². The molecule has 0 aromatic carbocycles. The molecule has 0 aliphatic carbocycles. The highest BCUT2D eigenvalue weighted by atomic mass is 16.5. The third-order valence-corrected chi connectivity index (χ3v) is 1.74. The van der Waals surface area contributed by atoms with Gasteiger partial charge in [-0.05, 0) is 6.42 Å². The van der Waals surface area contributed by atoms with Crippen molar-refractivity contribution in [2.24, 2.45) is 5.92 Å². The Hall–Kier alpha value is -0.610. The molecule has 0 amide bonds. The van der Waals surface area contributed by atoms with Crippen molar-refractivity contribution >= 4 is 5.97 Å². The van der Waals surface area contributed by atoms with Crippen molar-refractivity contribution in [3.63, 3.8) is 0 Å². The first kappa shape index (κ1) is 11.4. The Balaban J connectivity index is 3.55. The summed E-state index contributed by atoms with van der Waals surface area (Å²) in [6, 6.07) is 0. The number of rotatable bonds is 6. The second-order valence-corrected chi connectivity index (χ2v) is 2.93. The average Bonchev–Trinajstić information content (AvgIpc) is 2.00. The van der Waals surface area contributed by atoms with Crippen LogP contribution in [-0.4, -0.2) is 36.0 Å². The van der Waals surface area contributed by atoms with E-state index < -0.39 is 12.1 Å². The van der Waals surface area contributed by atoms with Crippen LogP contribution in [-0.2, 0) is 9.53 Å². The van der Waals surface area contributed by atoms with Crippen LogP contribution in [0.4, 0.5) is 0 Å². The molecular weight excluding hydrogens is 160 g/mol. The second kappa shape index (κ2) is 5.97. The number of aliphatic carboxylic acids is 1. The molecule has 0 saturated heterocycles. The zero-order valence-electron chi connectivity index (χ0n) is 7.49. The maximum absolute atomic E-state index is 10.1. The molecule has 2 unspecified atom stereocenters. The molecular formula is C8H16O4. The monoisotopic (exact) mass is 176 g/mol. The zero-order valence-corrected chi connectivity index (χ0v) is 7.49. The number of carboxylic acids is 1. The van der Waals surface area contributed by atoms with Crippen LogP contribution in [0.2, 0.25) is 0 Å². The fraction of sp³-hybridized carbons (Fsp3) is 0.875. The summed E-state index contributed by atoms with van der Waals surface area (Å²) < 4.78 is 4.82. The number of carboxylic acid groups (broad SMARTS) is 1. The van der Waals surface area contributed by atoms with Crippen molar-refractivity contribution in [3.05, 3.63) is 0 Å². The molecule has 2 atom stereocenters. The van der Waals surface area contributed by atoms with E-state index in [1.54, 1.807) is 7.11 Å². The summed E-state index contributed by atoms with van der Waals surface area (Å²) in [7, 11) is 1.56. The normalized spacial score (nSPS) is 15.6. The molecule has 0 fully saturated rings. The minimum atomic E-state index is -0.876. The number of carbonyl (C=O) groups is 1. The molecule has 0 aromatic rings. The van der Waals surface area contributed by atoms with Gasteiger partial charge >= 0.3 is 5.97 Å². The smallest absolute Gasteiger partial charge is 0.303 e. The van der Waals surface area contributed by atoms with Crippen molar-refractivity contribution in [2.75, 3.05) is 13.7 Å². The fourth-order valence-corrected chi connectivity index (χ4v) is 0.930. The lowest BCUT2D eigenvalue weighted by molar-refractivity contribution is -0.137. The topological polar surface area (TPSA) is 66.8 Å². The third-order valence-electron chi connectivity index (χ3n) is 1.74. The van der Waals surface area contributed by atoms with Gasteiger partial charge in [0.1, 0.15) is 0 Å². The fourth-order valence-electron chi connectivity index (χ4n) is 0.930. The highest BCUT2D eigenvalue weighted by Crippen LogP contribution is 2.09. The summed E-state index contributed by atoms with van der Waals surface area (Å²) in [4.78, 5) is 10.1. The van der Waals surface area contributed by atoms with Gasteiger partial charge in [-0.15, -0.1) is 0 Å². The van der Waals surface area contributed by atoms with E-state index >= 15 is 0 Å². The lowest BCUT2D eigenvalue weighted by Crippen LogP contribution is -2.22. The van der Waals surface area contributed by atoms with Crippen LogP contribution in [0.25, 0.3) is 0 Å². The van der Waals surface area contributed by atoms with Crippen molar-refractivity contribution in [1.29, 1.82) is 0 Å². The maximum Gasteiger partial charge on any atom is 0.303 e. The Morgan fingerprint density at radius 3 is 2.58 bits per heavy atom. The molecule has 0 rings (SSSR count). The van der Waals surface area contributed by atoms with Gasteiger partial charge in [0.15, 0.2) is 0 Å². The van der Waals surface area contributed by atoms with Crippen LogP contribution < -0.4 is 0 Å². The highest BCUT2D eigenvalue weighted by Gasteiger charge is 2.14. The molecule has 0 bridgehead atoms. The zero-order chi connectivity index (χ0) is 9.56. The van der Waals surface area contributed by atoms with Crippen LogP contribution in [0, 0.1) is 5.92 Å². The van der Waals surface area contributed by atoms with Crippen molar-refractivity contribution in [3.8, 4) is 0 Å². The third kappa shape index (κ3) is 5.09. The molecule has 0 heterocycles. The molecule has 0 spiro atoms. The highest BCUT2D eigenvalue weighted by molar-refractivity contribution is 5.66. The SMILES string of the molecule is COCC(C)C(O)CCC(=O)O. The number of hydrogen-bond acceptors (Lipinski definition) is 3. The van der Waals surface area contributed by atoms with E-state index in [1.807, 2.05) is 6.92 Å². The maximum atomic E-state index is 10.1. The minimum Gasteiger partial charge on any atom is -0.481 e. The van der Waals surface area contributed by atoms with Crippen molar-refractivity contribution in [2.45, 2.75) is 25.9 Å². The predicted octanol–water partition coefficient (Wildman–Crippen LogP) is 0.495. The summed E-state index contributed by atoms with van der Waals surface area (Å²) in [5, 5.41) is 17.7. The predicted molar refractivity (Wildman–Crippen MR) is 43.9 cm³/mol. The van der Waals surface area contributed by atoms with E-state index in [1.165, 1.54) is 0 Å². The first-order valence-corrected chi connectivity index (χ1v) is 3.96. The van der Waals surface area contributed by atoms with Crippen molar-refractivity contribution < 1.29 is 19.7 Å². The van der Waals surface area contributed by atoms with Gasteiger partial charge < -0.3 is 14.9 Å². The Morgan fingerprint density at radius 1 is 1.58 bits per heavy atom. The van der Waals surface area contributed by atoms with Gasteiger partial charge in [-0.3, -0.25) is 4.79 Å². The van der Waals surface area contributed by atoms with Crippen LogP contribution in [0.15, 0.2) is 0 Å². The number of aliphatic hydroxyl groups is 1. The molecule has 2 N–H and O–H groups in total. The first-order valence-electron chi connectivity index (χ1n) is 3.96. The number of hydrogen-bond donors (Lipinski definition) is 2. The van der Waals surface area contributed by atoms with Gasteiger partial charge in [0.05, 0.1) is 12.7 Å². The van der Waals surface area contributed by atoms with E-state index in [9.17, 15) is 9.90 Å². The van der Waals surface area contributed by atoms with E-state index in [2.05, 4.69) is 0 Å². The van der Waals surface area contributed by atoms with Crippen LogP contribution in [0.1, 0.15) is 19.8 Å². The van der Waals surface area contributed by atoms with Crippen LogP contribution in [0.3, 0.4) is 0 Å². The molecule has 4 heteroatoms. The molecule has 0 saturated carbocycles. The van der Waals surface area contributed by atoms with Gasteiger partial charge in [0, 0.05) is 19.4 Å². The summed E-state index contributed by atoms with van der Waals surface area (Å²) in [6.45, 7) is 2.29. The van der Waals surface area contributed by atoms with Crippen molar-refractivity contribution in [1.82, 2.24) is 0 Å². The molecule has 0 aromatic heterocycles. The standard InChI is InChI=1S/C8H16O4/c1-6(5-12-2)7(9)3-4-8(10)11/h6-7,9H,3-5H2,1-2H3,(H,10,11). The number of aliphatic hydroxyl groups excluding tert-OH is 1. The quantitative estimate of drug-likeness (QED) is 0.618. The number of ether oxygens (including phenoxy) is 1. The molecule has 0 aliphatic rings. The van der Waals surface area contributed by atoms with Gasteiger partial charge in [0.2, 0.25) is 0 Å². The van der Waals surface area contributed by atoms with E-state index in [4.69, 9.17) is 9.84 Å². The van der Waals surface area contributed by atoms with E-state index in [0.717, 1.165) is 0 Å². The number of methoxy groups -OCH3 is 1. The van der Waals surface area contributed by atoms with E-state index in [-0.39, 0.29) is 12.3 Å². The Kier molecular flexibility index (Phi) is 5.66. The van der Waals surface area contributed by atoms with Gasteiger partial charge in [-0.1, -0.05) is 6.92 Å². The van der Waals surface area contributed by atoms with Gasteiger partial charge in [-0.25, -0.2) is 0 Å². The van der Waals surface area contributed by atoms with Gasteiger partial charge in [-0.2, -0.15) is 0 Å². The summed E-state index contributed by atoms with van der Waals surface area (Å²) in [6.07, 6.45) is -0.282. The average molecular weight is 176 g/mol. The Labute approximate surface area is 72.2 Å². The summed E-state index contributed by atoms with van der Waals surface area (Å²) in [5.74, 6) is -0.881. The molecule has 72 valence electrons. The molecule has 0 radical (unpaired) electrons. The largest absolute Gasteiger partial charge is 0.481 e. The Morgan fingerprint density at radius 2 is 2.17 bits per heavy atom. The molecule has 0 aliphatic heterocycles. The van der Waals surface area contributed by atoms with E-state index in [0.29, 0.717) is 13.0 Å². The lowest BCUT2D eigenvalue weighted by atomic mass is 10.0. The first-order chi connectivity index (χ1) is 5.57. The summed E-state index contributed by atoms with van der Waals surface area (Å²) in [5.41, 5.74) is 0.